The lowest BCUT2D eigenvalue weighted by Gasteiger charge is -2.31. The molecule has 1 aliphatic rings. The summed E-state index contributed by atoms with van der Waals surface area (Å²) in [6.07, 6.45) is 6.29. The van der Waals surface area contributed by atoms with Gasteiger partial charge in [-0.25, -0.2) is 0 Å². The van der Waals surface area contributed by atoms with Crippen molar-refractivity contribution in [2.45, 2.75) is 0 Å². The minimum absolute atomic E-state index is 0.248. The molecule has 0 N–H and O–H groups in total. The Hall–Kier alpha value is -8.80. The van der Waals surface area contributed by atoms with Gasteiger partial charge in [0.2, 0.25) is 0 Å². The molecule has 0 saturated carbocycles. The lowest BCUT2D eigenvalue weighted by molar-refractivity contribution is 0.350. The van der Waals surface area contributed by atoms with Crippen LogP contribution in [0.1, 0.15) is 5.56 Å². The Morgan fingerprint density at radius 2 is 0.864 bits per heavy atom. The van der Waals surface area contributed by atoms with E-state index in [4.69, 9.17) is 13.6 Å². The van der Waals surface area contributed by atoms with Crippen molar-refractivity contribution < 1.29 is 13.6 Å². The summed E-state index contributed by atoms with van der Waals surface area (Å²) >= 11 is 0. The van der Waals surface area contributed by atoms with E-state index < -0.39 is 0 Å². The maximum Gasteiger partial charge on any atom is 0.151 e. The van der Waals surface area contributed by atoms with E-state index in [1.54, 1.807) is 0 Å². The van der Waals surface area contributed by atoms with Crippen LogP contribution >= 0.6 is 0 Å². The third-order valence-corrected chi connectivity index (χ3v) is 12.5. The summed E-state index contributed by atoms with van der Waals surface area (Å²) in [6.45, 7) is 4.84. The Bertz CT molecular complexity index is 3660. The molecule has 5 heteroatoms. The van der Waals surface area contributed by atoms with Gasteiger partial charge in [-0.3, -0.25) is 0 Å². The predicted octanol–water partition coefficient (Wildman–Crippen LogP) is 17.0. The van der Waals surface area contributed by atoms with Gasteiger partial charge >= 0.3 is 0 Å². The van der Waals surface area contributed by atoms with Crippen molar-refractivity contribution in [3.05, 3.63) is 248 Å². The van der Waals surface area contributed by atoms with Crippen molar-refractivity contribution in [1.82, 2.24) is 0 Å². The number of hydrogen-bond donors (Lipinski definition) is 0. The molecule has 0 atom stereocenters. The fourth-order valence-corrected chi connectivity index (χ4v) is 9.29. The average Bonchev–Trinajstić information content (AvgIpc) is 3.96. The topological polar surface area (TPSA) is 42.0 Å². The number of anilines is 5. The van der Waals surface area contributed by atoms with Crippen molar-refractivity contribution >= 4 is 77.9 Å². The molecule has 5 nitrogen and oxygen atoms in total. The second-order valence-corrected chi connectivity index (χ2v) is 16.5. The second kappa shape index (κ2) is 16.4. The summed E-state index contributed by atoms with van der Waals surface area (Å²) in [5.74, 6) is 0.722. The number of nitrogens with zero attached hydrogens (tertiary/aromatic N) is 2. The normalized spacial score (nSPS) is 12.7. The van der Waals surface area contributed by atoms with E-state index in [1.165, 1.54) is 0 Å². The molecule has 0 aliphatic carbocycles. The van der Waals surface area contributed by atoms with Gasteiger partial charge in [0.1, 0.15) is 28.9 Å². The summed E-state index contributed by atoms with van der Waals surface area (Å²) in [5, 5.41) is 4.23. The molecule has 0 saturated heterocycles. The first-order valence-corrected chi connectivity index (χ1v) is 22.2. The van der Waals surface area contributed by atoms with Gasteiger partial charge in [0.15, 0.2) is 5.75 Å². The standard InChI is InChI=1S/C61H42N2O3/c1-41-14-12-19-50(62(46-30-26-44(27-31-46)42-15-4-2-5-16-42)48-34-36-59-54(38-48)52-20-8-10-24-57(52)65-59)40-64-61-51(41)22-13-23-56(61)63(47-32-28-45(29-33-47)43-17-6-3-7-18-43)49-35-37-60-55(39-49)53-21-9-11-25-58(53)66-60/h2-39H,1,40H2. The molecule has 0 spiro atoms. The summed E-state index contributed by atoms with van der Waals surface area (Å²) in [4.78, 5) is 4.57. The summed E-state index contributed by atoms with van der Waals surface area (Å²) < 4.78 is 19.9. The molecule has 66 heavy (non-hydrogen) atoms. The number of para-hydroxylation sites is 3. The van der Waals surface area contributed by atoms with Crippen LogP contribution in [0, 0.1) is 0 Å². The Morgan fingerprint density at radius 3 is 1.44 bits per heavy atom. The van der Waals surface area contributed by atoms with Crippen LogP contribution in [0.15, 0.2) is 252 Å². The highest BCUT2D eigenvalue weighted by Crippen LogP contribution is 2.47. The van der Waals surface area contributed by atoms with E-state index in [9.17, 15) is 0 Å². The highest BCUT2D eigenvalue weighted by atomic mass is 16.5. The summed E-state index contributed by atoms with van der Waals surface area (Å²) in [5.41, 5.74) is 15.5. The van der Waals surface area contributed by atoms with Crippen molar-refractivity contribution in [2.75, 3.05) is 16.4 Å². The largest absolute Gasteiger partial charge is 0.485 e. The smallest absolute Gasteiger partial charge is 0.151 e. The van der Waals surface area contributed by atoms with E-state index in [2.05, 4.69) is 211 Å². The van der Waals surface area contributed by atoms with E-state index in [0.717, 1.165) is 117 Å². The SMILES string of the molecule is C=C1C=CC=C(N(c2ccc(-c3ccccc3)cc2)c2ccc3oc4ccccc4c3c2)COc2c1cccc2N(c1ccc(-c2ccccc2)cc1)c1ccc2oc3ccccc3c2c1. The van der Waals surface area contributed by atoms with Crippen LogP contribution in [0.25, 0.3) is 71.7 Å². The van der Waals surface area contributed by atoms with Crippen LogP contribution in [0.5, 0.6) is 5.75 Å². The van der Waals surface area contributed by atoms with Crippen LogP contribution in [0.4, 0.5) is 28.4 Å². The second-order valence-electron chi connectivity index (χ2n) is 16.5. The quantitative estimate of drug-likeness (QED) is 0.152. The predicted molar refractivity (Wildman–Crippen MR) is 273 cm³/mol. The fourth-order valence-electron chi connectivity index (χ4n) is 9.29. The van der Waals surface area contributed by atoms with E-state index in [0.29, 0.717) is 0 Å². The molecule has 314 valence electrons. The fraction of sp³-hybridized carbons (Fsp3) is 0.0164. The van der Waals surface area contributed by atoms with Crippen LogP contribution in [-0.2, 0) is 0 Å². The molecule has 0 amide bonds. The zero-order valence-electron chi connectivity index (χ0n) is 36.0. The minimum Gasteiger partial charge on any atom is -0.485 e. The number of hydrogen-bond acceptors (Lipinski definition) is 5. The Kier molecular flexibility index (Phi) is 9.65. The molecule has 12 rings (SSSR count). The van der Waals surface area contributed by atoms with Gasteiger partial charge in [0, 0.05) is 49.9 Å². The van der Waals surface area contributed by atoms with Crippen LogP contribution in [-0.4, -0.2) is 6.61 Å². The van der Waals surface area contributed by atoms with Gasteiger partial charge < -0.3 is 23.4 Å². The molecule has 2 aromatic heterocycles. The van der Waals surface area contributed by atoms with Crippen molar-refractivity contribution in [1.29, 1.82) is 0 Å². The van der Waals surface area contributed by atoms with Crippen LogP contribution in [0.3, 0.4) is 0 Å². The van der Waals surface area contributed by atoms with Gasteiger partial charge in [-0.05, 0) is 113 Å². The molecule has 9 aromatic carbocycles. The summed E-state index contributed by atoms with van der Waals surface area (Å²) in [7, 11) is 0. The first-order valence-electron chi connectivity index (χ1n) is 22.2. The molecule has 0 bridgehead atoms. The Balaban J connectivity index is 0.994. The lowest BCUT2D eigenvalue weighted by Crippen LogP contribution is -2.22. The van der Waals surface area contributed by atoms with E-state index in [-0.39, 0.29) is 6.61 Å². The first kappa shape index (κ1) is 38.8. The molecule has 0 radical (unpaired) electrons. The van der Waals surface area contributed by atoms with Crippen molar-refractivity contribution in [3.8, 4) is 28.0 Å². The third kappa shape index (κ3) is 7.00. The molecule has 11 aromatic rings. The van der Waals surface area contributed by atoms with Gasteiger partial charge in [0.25, 0.3) is 0 Å². The highest BCUT2D eigenvalue weighted by Gasteiger charge is 2.25. The van der Waals surface area contributed by atoms with Crippen molar-refractivity contribution in [3.63, 3.8) is 0 Å². The van der Waals surface area contributed by atoms with E-state index >= 15 is 0 Å². The molecule has 3 heterocycles. The van der Waals surface area contributed by atoms with Gasteiger partial charge in [0.05, 0.1) is 11.4 Å². The van der Waals surface area contributed by atoms with Crippen molar-refractivity contribution in [2.24, 2.45) is 0 Å². The van der Waals surface area contributed by atoms with Crippen LogP contribution in [0.2, 0.25) is 0 Å². The highest BCUT2D eigenvalue weighted by molar-refractivity contribution is 6.07. The number of ether oxygens (including phenoxy) is 1. The maximum atomic E-state index is 7.25. The van der Waals surface area contributed by atoms with Gasteiger partial charge in [-0.1, -0.05) is 152 Å². The molecular formula is C61H42N2O3. The molecule has 0 unspecified atom stereocenters. The van der Waals surface area contributed by atoms with E-state index in [1.807, 2.05) is 36.4 Å². The number of benzene rings is 9. The molecule has 1 aliphatic heterocycles. The molecule has 0 fully saturated rings. The monoisotopic (exact) mass is 850 g/mol. The van der Waals surface area contributed by atoms with Crippen LogP contribution < -0.4 is 14.5 Å². The number of allylic oxidation sites excluding steroid dienone is 4. The number of rotatable bonds is 8. The number of furan rings is 2. The minimum atomic E-state index is 0.248. The lowest BCUT2D eigenvalue weighted by atomic mass is 10.0. The average molecular weight is 851 g/mol. The Morgan fingerprint density at radius 1 is 0.394 bits per heavy atom. The van der Waals surface area contributed by atoms with Gasteiger partial charge in [-0.15, -0.1) is 0 Å². The maximum absolute atomic E-state index is 7.25. The third-order valence-electron chi connectivity index (χ3n) is 12.5. The van der Waals surface area contributed by atoms with Gasteiger partial charge in [-0.2, -0.15) is 0 Å². The first-order chi connectivity index (χ1) is 32.6. The zero-order chi connectivity index (χ0) is 44.0. The number of fused-ring (bicyclic) bond motifs is 7. The summed E-state index contributed by atoms with van der Waals surface area (Å²) in [6, 6.07) is 74.0. The Labute approximate surface area is 382 Å². The molecular weight excluding hydrogens is 809 g/mol. The zero-order valence-corrected chi connectivity index (χ0v) is 36.0.